The van der Waals surface area contributed by atoms with Crippen LogP contribution in [0.3, 0.4) is 0 Å². The van der Waals surface area contributed by atoms with Crippen LogP contribution in [0.1, 0.15) is 34.0 Å². The van der Waals surface area contributed by atoms with Gasteiger partial charge in [-0.2, -0.15) is 26.3 Å². The van der Waals surface area contributed by atoms with E-state index in [1.165, 1.54) is 78.9 Å². The number of rotatable bonds is 11. The minimum Gasteiger partial charge on any atom is -0.428 e. The topological polar surface area (TPSA) is 78.7 Å². The van der Waals surface area contributed by atoms with E-state index < -0.39 is 40.3 Å². The highest BCUT2D eigenvalue weighted by atomic mass is 19.3. The van der Waals surface area contributed by atoms with Gasteiger partial charge in [-0.3, -0.25) is 14.9 Å². The Hall–Kier alpha value is -5.65. The van der Waals surface area contributed by atoms with Gasteiger partial charge in [0.25, 0.3) is 5.69 Å². The van der Waals surface area contributed by atoms with Gasteiger partial charge in [0, 0.05) is 28.7 Å². The summed E-state index contributed by atoms with van der Waals surface area (Å²) >= 11 is 0. The second-order valence-corrected chi connectivity index (χ2v) is 9.55. The van der Waals surface area contributed by atoms with Crippen LogP contribution in [0.25, 0.3) is 6.08 Å². The van der Waals surface area contributed by atoms with Gasteiger partial charge in [-0.25, -0.2) is 0 Å². The molecule has 230 valence electrons. The minimum atomic E-state index is -2.66. The number of hydrogen-bond donors (Lipinski definition) is 0. The molecule has 0 fully saturated rings. The predicted octanol–water partition coefficient (Wildman–Crippen LogP) is 9.70. The molecule has 0 amide bonds. The van der Waals surface area contributed by atoms with Crippen molar-refractivity contribution in [2.45, 2.75) is 12.3 Å². The normalized spacial score (nSPS) is 11.4. The van der Waals surface area contributed by atoms with Gasteiger partial charge < -0.3 is 9.47 Å². The average molecular weight is 626 g/mol. The molecular weight excluding hydrogens is 604 g/mol. The highest BCUT2D eigenvalue weighted by Gasteiger charge is 2.37. The number of Topliss-reactive ketones (excluding diaryl/α,β-unsaturated/α-hetero) is 1. The number of carbonyl (C=O) groups is 1. The smallest absolute Gasteiger partial charge is 0.344 e. The molecule has 0 N–H and O–H groups in total. The second kappa shape index (κ2) is 13.8. The van der Waals surface area contributed by atoms with Gasteiger partial charge in [-0.1, -0.05) is 54.6 Å². The number of ketones is 1. The molecule has 0 atom stereocenters. The van der Waals surface area contributed by atoms with Crippen molar-refractivity contribution in [2.24, 2.45) is 0 Å². The monoisotopic (exact) mass is 625 g/mol. The third-order valence-corrected chi connectivity index (χ3v) is 6.81. The number of ether oxygens (including phenoxy) is 2. The third-order valence-electron chi connectivity index (χ3n) is 6.81. The summed E-state index contributed by atoms with van der Waals surface area (Å²) in [4.78, 5) is 24.8. The molecule has 0 bridgehead atoms. The van der Waals surface area contributed by atoms with E-state index in [0.717, 1.165) is 0 Å². The van der Waals surface area contributed by atoms with E-state index in [1.54, 1.807) is 37.3 Å². The van der Waals surface area contributed by atoms with Crippen molar-refractivity contribution in [3.8, 4) is 11.5 Å². The number of hydrogen-bond acceptors (Lipinski definition) is 5. The molecule has 0 radical (unpaired) electrons. The first-order valence-electron chi connectivity index (χ1n) is 12.9. The zero-order chi connectivity index (χ0) is 32.7. The molecule has 45 heavy (non-hydrogen) atoms. The van der Waals surface area contributed by atoms with Crippen molar-refractivity contribution in [1.82, 2.24) is 0 Å². The summed E-state index contributed by atoms with van der Waals surface area (Å²) in [6, 6.07) is 19.8. The Labute approximate surface area is 252 Å². The molecule has 0 heterocycles. The lowest BCUT2D eigenvalue weighted by atomic mass is 9.68. The lowest BCUT2D eigenvalue weighted by Crippen LogP contribution is -2.31. The summed E-state index contributed by atoms with van der Waals surface area (Å²) in [6.07, 6.45) is -3.81. The molecule has 0 saturated carbocycles. The first kappa shape index (κ1) is 32.3. The molecule has 0 aliphatic carbocycles. The lowest BCUT2D eigenvalue weighted by molar-refractivity contribution is -0.384. The van der Waals surface area contributed by atoms with Gasteiger partial charge in [0.05, 0.1) is 4.92 Å². The summed E-state index contributed by atoms with van der Waals surface area (Å²) in [5.74, 6) is -1.03. The molecule has 4 rings (SSSR count). The van der Waals surface area contributed by atoms with E-state index in [0.29, 0.717) is 16.7 Å². The van der Waals surface area contributed by atoms with E-state index >= 15 is 0 Å². The molecule has 0 spiro atoms. The fourth-order valence-corrected chi connectivity index (χ4v) is 4.52. The zero-order valence-electron chi connectivity index (χ0n) is 23.1. The number of nitrogens with zero attached hydrogens (tertiary/aromatic N) is 1. The van der Waals surface area contributed by atoms with Crippen LogP contribution in [0, 0.1) is 10.1 Å². The van der Waals surface area contributed by atoms with Crippen LogP contribution < -0.4 is 9.47 Å². The van der Waals surface area contributed by atoms with Crippen molar-refractivity contribution in [3.05, 3.63) is 165 Å². The Balaban J connectivity index is 1.94. The molecule has 0 aliphatic rings. The van der Waals surface area contributed by atoms with Crippen molar-refractivity contribution < 1.29 is 45.5 Å². The quantitative estimate of drug-likeness (QED) is 0.0414. The maximum atomic E-state index is 14.2. The Bertz CT molecular complexity index is 1710. The third kappa shape index (κ3) is 7.47. The maximum absolute atomic E-state index is 14.2. The van der Waals surface area contributed by atoms with Crippen LogP contribution in [0.15, 0.2) is 133 Å². The highest BCUT2D eigenvalue weighted by Crippen LogP contribution is 2.43. The molecule has 4 aromatic rings. The number of nitro groups is 1. The predicted molar refractivity (Wildman–Crippen MR) is 153 cm³/mol. The minimum absolute atomic E-state index is 0.117. The van der Waals surface area contributed by atoms with Crippen molar-refractivity contribution >= 4 is 17.5 Å². The highest BCUT2D eigenvalue weighted by molar-refractivity contribution is 6.13. The molecular formula is C33H21F6NO5. The van der Waals surface area contributed by atoms with Crippen LogP contribution in [-0.4, -0.2) is 10.7 Å². The van der Waals surface area contributed by atoms with Gasteiger partial charge >= 0.3 is 24.2 Å². The first-order valence-corrected chi connectivity index (χ1v) is 12.9. The van der Waals surface area contributed by atoms with Gasteiger partial charge in [0.1, 0.15) is 11.5 Å². The summed E-state index contributed by atoms with van der Waals surface area (Å²) in [7, 11) is 0. The number of allylic oxidation sites excluding steroid dienone is 1. The number of non-ortho nitro benzene ring substituents is 1. The summed E-state index contributed by atoms with van der Waals surface area (Å²) < 4.78 is 86.4. The Morgan fingerprint density at radius 2 is 1.13 bits per heavy atom. The summed E-state index contributed by atoms with van der Waals surface area (Å²) in [6.45, 7) is 1.64. The Kier molecular flexibility index (Phi) is 9.87. The number of nitro benzene ring substituents is 1. The summed E-state index contributed by atoms with van der Waals surface area (Å²) in [5, 5.41) is 11.2. The van der Waals surface area contributed by atoms with E-state index in [2.05, 4.69) is 9.47 Å². The van der Waals surface area contributed by atoms with Gasteiger partial charge in [-0.05, 0) is 66.1 Å². The molecule has 0 aliphatic heterocycles. The SMILES string of the molecule is CC(C(=Cc1ccc([N+](=O)[O-])cc1)C(=O)c1ccccc1)(c1ccc(OC(F)=C(F)F)cc1)c1ccc(OC(F)=C(F)F)cc1. The van der Waals surface area contributed by atoms with Gasteiger partial charge in [0.15, 0.2) is 5.78 Å². The number of halogens is 6. The van der Waals surface area contributed by atoms with Gasteiger partial charge in [0.2, 0.25) is 0 Å². The van der Waals surface area contributed by atoms with Crippen LogP contribution in [0.4, 0.5) is 32.0 Å². The molecule has 0 unspecified atom stereocenters. The van der Waals surface area contributed by atoms with E-state index in [-0.39, 0.29) is 28.3 Å². The van der Waals surface area contributed by atoms with Crippen LogP contribution in [0.5, 0.6) is 11.5 Å². The zero-order valence-corrected chi connectivity index (χ0v) is 23.1. The van der Waals surface area contributed by atoms with Crippen LogP contribution in [-0.2, 0) is 5.41 Å². The second-order valence-electron chi connectivity index (χ2n) is 9.55. The Morgan fingerprint density at radius 3 is 1.53 bits per heavy atom. The lowest BCUT2D eigenvalue weighted by Gasteiger charge is -2.34. The van der Waals surface area contributed by atoms with E-state index in [9.17, 15) is 41.3 Å². The number of carbonyl (C=O) groups excluding carboxylic acids is 1. The fourth-order valence-electron chi connectivity index (χ4n) is 4.52. The van der Waals surface area contributed by atoms with E-state index in [1.807, 2.05) is 0 Å². The number of benzene rings is 4. The molecule has 12 heteroatoms. The van der Waals surface area contributed by atoms with Crippen molar-refractivity contribution in [1.29, 1.82) is 0 Å². The molecule has 6 nitrogen and oxygen atoms in total. The van der Waals surface area contributed by atoms with E-state index in [4.69, 9.17) is 0 Å². The Morgan fingerprint density at radius 1 is 0.689 bits per heavy atom. The van der Waals surface area contributed by atoms with Crippen molar-refractivity contribution in [2.75, 3.05) is 0 Å². The largest absolute Gasteiger partial charge is 0.428 e. The van der Waals surface area contributed by atoms with Crippen molar-refractivity contribution in [3.63, 3.8) is 0 Å². The van der Waals surface area contributed by atoms with Gasteiger partial charge in [-0.15, -0.1) is 0 Å². The first-order chi connectivity index (χ1) is 21.4. The fraction of sp³-hybridized carbons (Fsp3) is 0.0606. The van der Waals surface area contributed by atoms with Crippen LogP contribution >= 0.6 is 0 Å². The molecule has 4 aromatic carbocycles. The molecule has 0 saturated heterocycles. The standard InChI is InChI=1S/C33H21F6NO5/c1-33(22-9-15-25(16-10-22)44-31(38)29(34)35,23-11-17-26(18-12-23)45-32(39)30(36)37)27(28(41)21-5-3-2-4-6-21)19-20-7-13-24(14-8-20)40(42)43/h2-19H,1H3. The molecule has 0 aromatic heterocycles. The summed E-state index contributed by atoms with van der Waals surface area (Å²) in [5.41, 5.74) is -0.0829. The average Bonchev–Trinajstić information content (AvgIpc) is 3.04. The van der Waals surface area contributed by atoms with Crippen LogP contribution in [0.2, 0.25) is 0 Å². The maximum Gasteiger partial charge on any atom is 0.344 e.